The number of aromatic nitrogens is 4. The lowest BCUT2D eigenvalue weighted by Gasteiger charge is -2.24. The molecule has 202 valence electrons. The number of nitrogens with zero attached hydrogens (tertiary/aromatic N) is 3. The lowest BCUT2D eigenvalue weighted by Crippen LogP contribution is -2.38. The number of ether oxygens (including phenoxy) is 2. The van der Waals surface area contributed by atoms with Gasteiger partial charge in [-0.1, -0.05) is 48.5 Å². The number of aromatic amines is 1. The topological polar surface area (TPSA) is 117 Å². The van der Waals surface area contributed by atoms with Crippen LogP contribution in [-0.4, -0.2) is 46.6 Å². The van der Waals surface area contributed by atoms with E-state index in [2.05, 4.69) is 63.3 Å². The molecular weight excluding hydrogens is 488 g/mol. The van der Waals surface area contributed by atoms with Crippen LogP contribution in [0.2, 0.25) is 0 Å². The number of nitrogens with two attached hydrogens (primary N) is 2. The highest BCUT2D eigenvalue weighted by Crippen LogP contribution is 2.30. The molecule has 5 N–H and O–H groups in total. The molecule has 1 unspecified atom stereocenters. The highest BCUT2D eigenvalue weighted by molar-refractivity contribution is 5.83. The largest absolute Gasteiger partial charge is 0.497 e. The van der Waals surface area contributed by atoms with Gasteiger partial charge in [-0.25, -0.2) is 0 Å². The van der Waals surface area contributed by atoms with E-state index in [9.17, 15) is 0 Å². The third-order valence-corrected chi connectivity index (χ3v) is 7.39. The third-order valence-electron chi connectivity index (χ3n) is 7.39. The van der Waals surface area contributed by atoms with Crippen LogP contribution in [0.4, 0.5) is 0 Å². The number of nitrogens with one attached hydrogen (secondary N) is 1. The van der Waals surface area contributed by atoms with Crippen molar-refractivity contribution in [2.45, 2.75) is 37.8 Å². The van der Waals surface area contributed by atoms with E-state index < -0.39 is 0 Å². The van der Waals surface area contributed by atoms with Crippen molar-refractivity contribution < 1.29 is 9.47 Å². The van der Waals surface area contributed by atoms with Crippen LogP contribution in [-0.2, 0) is 25.8 Å². The molecule has 5 aromatic rings. The van der Waals surface area contributed by atoms with Gasteiger partial charge in [0.2, 0.25) is 0 Å². The van der Waals surface area contributed by atoms with Crippen LogP contribution in [0.5, 0.6) is 11.5 Å². The molecule has 8 heteroatoms. The van der Waals surface area contributed by atoms with Gasteiger partial charge in [-0.15, -0.1) is 10.2 Å². The first-order valence-corrected chi connectivity index (χ1v) is 13.3. The van der Waals surface area contributed by atoms with E-state index in [1.807, 2.05) is 30.3 Å². The smallest absolute Gasteiger partial charge is 0.138 e. The van der Waals surface area contributed by atoms with E-state index in [0.717, 1.165) is 47.1 Å². The first-order chi connectivity index (χ1) is 19.1. The molecule has 0 saturated carbocycles. The maximum Gasteiger partial charge on any atom is 0.138 e. The van der Waals surface area contributed by atoms with E-state index in [1.54, 1.807) is 14.2 Å². The summed E-state index contributed by atoms with van der Waals surface area (Å²) in [5.41, 5.74) is 17.4. The van der Waals surface area contributed by atoms with Gasteiger partial charge in [0, 0.05) is 53.7 Å². The number of hydrogen-bond donors (Lipinski definition) is 3. The monoisotopic (exact) mass is 524 g/mol. The summed E-state index contributed by atoms with van der Waals surface area (Å²) < 4.78 is 13.3. The van der Waals surface area contributed by atoms with E-state index in [1.165, 1.54) is 16.5 Å². The van der Waals surface area contributed by atoms with Gasteiger partial charge >= 0.3 is 0 Å². The van der Waals surface area contributed by atoms with Crippen LogP contribution in [0, 0.1) is 0 Å². The fraction of sp³-hybridized carbons (Fsp3) is 0.290. The fourth-order valence-corrected chi connectivity index (χ4v) is 5.17. The van der Waals surface area contributed by atoms with Crippen molar-refractivity contribution in [3.05, 3.63) is 107 Å². The number of para-hydroxylation sites is 1. The average Bonchev–Trinajstić information content (AvgIpc) is 3.58. The van der Waals surface area contributed by atoms with Gasteiger partial charge < -0.3 is 30.5 Å². The predicted molar refractivity (Wildman–Crippen MR) is 154 cm³/mol. The van der Waals surface area contributed by atoms with E-state index in [0.29, 0.717) is 19.5 Å². The first-order valence-electron chi connectivity index (χ1n) is 13.3. The molecule has 0 amide bonds. The Labute approximate surface area is 229 Å². The Hall–Kier alpha value is -4.14. The first kappa shape index (κ1) is 26.5. The maximum atomic E-state index is 6.68. The molecule has 2 aromatic heterocycles. The normalized spacial score (nSPS) is 12.9. The SMILES string of the molecule is COc1ccc(Cn2c(CCc3ccccc3)nnc2[C@H](Cc2c[nH]c3ccccc23)C(N)CN)c(OC)c1. The third kappa shape index (κ3) is 5.82. The Morgan fingerprint density at radius 3 is 2.46 bits per heavy atom. The van der Waals surface area contributed by atoms with E-state index in [4.69, 9.17) is 26.0 Å². The van der Waals surface area contributed by atoms with Crippen LogP contribution in [0.1, 0.15) is 34.3 Å². The molecular formula is C31H36N6O2. The van der Waals surface area contributed by atoms with Gasteiger partial charge in [0.25, 0.3) is 0 Å². The molecule has 3 aromatic carbocycles. The summed E-state index contributed by atoms with van der Waals surface area (Å²) in [5, 5.41) is 10.6. The zero-order chi connectivity index (χ0) is 27.2. The van der Waals surface area contributed by atoms with Gasteiger partial charge in [-0.3, -0.25) is 0 Å². The molecule has 5 rings (SSSR count). The van der Waals surface area contributed by atoms with Gasteiger partial charge in [0.1, 0.15) is 23.1 Å². The molecule has 8 nitrogen and oxygen atoms in total. The van der Waals surface area contributed by atoms with Crippen molar-refractivity contribution in [3.8, 4) is 11.5 Å². The minimum Gasteiger partial charge on any atom is -0.497 e. The zero-order valence-corrected chi connectivity index (χ0v) is 22.5. The highest BCUT2D eigenvalue weighted by Gasteiger charge is 2.28. The Bertz CT molecular complexity index is 1510. The summed E-state index contributed by atoms with van der Waals surface area (Å²) in [6.45, 7) is 0.881. The molecule has 0 spiro atoms. The molecule has 0 fully saturated rings. The molecule has 39 heavy (non-hydrogen) atoms. The van der Waals surface area contributed by atoms with Crippen LogP contribution in [0.3, 0.4) is 0 Å². The summed E-state index contributed by atoms with van der Waals surface area (Å²) in [4.78, 5) is 3.38. The fourth-order valence-electron chi connectivity index (χ4n) is 5.17. The quantitative estimate of drug-likeness (QED) is 0.225. The Kier molecular flexibility index (Phi) is 8.24. The summed E-state index contributed by atoms with van der Waals surface area (Å²) >= 11 is 0. The van der Waals surface area contributed by atoms with Gasteiger partial charge in [0.05, 0.1) is 20.8 Å². The maximum absolute atomic E-state index is 6.68. The minimum absolute atomic E-state index is 0.128. The predicted octanol–water partition coefficient (Wildman–Crippen LogP) is 4.22. The summed E-state index contributed by atoms with van der Waals surface area (Å²) in [6.07, 6.45) is 4.35. The number of hydrogen-bond acceptors (Lipinski definition) is 6. The molecule has 0 aliphatic heterocycles. The van der Waals surface area contributed by atoms with Crippen molar-refractivity contribution in [3.63, 3.8) is 0 Å². The van der Waals surface area contributed by atoms with Crippen LogP contribution >= 0.6 is 0 Å². The standard InChI is InChI=1S/C31H36N6O2/c1-38-24-14-13-22(29(17-24)39-2)20-37-30(15-12-21-8-4-3-5-9-21)35-36-31(37)26(27(33)18-32)16-23-19-34-28-11-7-6-10-25(23)28/h3-11,13-14,17,19,26-27,34H,12,15-16,18,20,32-33H2,1-2H3/t26-,27?/m1/s1. The van der Waals surface area contributed by atoms with Crippen molar-refractivity contribution in [1.29, 1.82) is 0 Å². The van der Waals surface area contributed by atoms with Crippen LogP contribution < -0.4 is 20.9 Å². The minimum atomic E-state index is -0.290. The number of H-pyrrole nitrogens is 1. The Morgan fingerprint density at radius 2 is 1.69 bits per heavy atom. The van der Waals surface area contributed by atoms with Crippen LogP contribution in [0.25, 0.3) is 10.9 Å². The lowest BCUT2D eigenvalue weighted by atomic mass is 9.91. The number of methoxy groups -OCH3 is 2. The van der Waals surface area contributed by atoms with E-state index in [-0.39, 0.29) is 12.0 Å². The van der Waals surface area contributed by atoms with Crippen molar-refractivity contribution >= 4 is 10.9 Å². The second kappa shape index (κ2) is 12.1. The molecule has 0 saturated heterocycles. The van der Waals surface area contributed by atoms with Gasteiger partial charge in [-0.2, -0.15) is 0 Å². The second-order valence-electron chi connectivity index (χ2n) is 9.79. The molecule has 0 aliphatic rings. The Balaban J connectivity index is 1.54. The summed E-state index contributed by atoms with van der Waals surface area (Å²) in [7, 11) is 3.32. The molecule has 2 heterocycles. The van der Waals surface area contributed by atoms with Crippen molar-refractivity contribution in [2.24, 2.45) is 11.5 Å². The molecule has 0 bridgehead atoms. The molecule has 2 atom stereocenters. The number of benzene rings is 3. The molecule has 0 aliphatic carbocycles. The summed E-state index contributed by atoms with van der Waals surface area (Å²) in [6, 6.07) is 24.3. The Morgan fingerprint density at radius 1 is 0.897 bits per heavy atom. The highest BCUT2D eigenvalue weighted by atomic mass is 16.5. The zero-order valence-electron chi connectivity index (χ0n) is 22.5. The number of fused-ring (bicyclic) bond motifs is 1. The van der Waals surface area contributed by atoms with Crippen molar-refractivity contribution in [2.75, 3.05) is 20.8 Å². The average molecular weight is 525 g/mol. The van der Waals surface area contributed by atoms with Crippen molar-refractivity contribution in [1.82, 2.24) is 19.7 Å². The van der Waals surface area contributed by atoms with E-state index >= 15 is 0 Å². The second-order valence-corrected chi connectivity index (χ2v) is 9.79. The number of rotatable bonds is 12. The summed E-state index contributed by atoms with van der Waals surface area (Å²) in [5.74, 6) is 3.10. The van der Waals surface area contributed by atoms with Crippen LogP contribution in [0.15, 0.2) is 79.0 Å². The van der Waals surface area contributed by atoms with Gasteiger partial charge in [-0.05, 0) is 42.2 Å². The number of aryl methyl sites for hydroxylation is 2. The molecule has 0 radical (unpaired) electrons. The van der Waals surface area contributed by atoms with Gasteiger partial charge in [0.15, 0.2) is 0 Å². The lowest BCUT2D eigenvalue weighted by molar-refractivity contribution is 0.389.